The van der Waals surface area contributed by atoms with Crippen molar-refractivity contribution in [2.24, 2.45) is 0 Å². The Bertz CT molecular complexity index is 438. The molecule has 5 heteroatoms. The minimum atomic E-state index is -0.390. The monoisotopic (exact) mass is 294 g/mol. The Labute approximate surface area is 125 Å². The molecule has 0 saturated heterocycles. The second-order valence-corrected chi connectivity index (χ2v) is 4.66. The molecule has 1 aromatic rings. The van der Waals surface area contributed by atoms with Crippen molar-refractivity contribution in [2.75, 3.05) is 20.3 Å². The van der Waals surface area contributed by atoms with Crippen molar-refractivity contribution in [1.29, 1.82) is 0 Å². The van der Waals surface area contributed by atoms with Gasteiger partial charge in [-0.05, 0) is 43.5 Å². The van der Waals surface area contributed by atoms with Crippen molar-refractivity contribution in [1.82, 2.24) is 0 Å². The summed E-state index contributed by atoms with van der Waals surface area (Å²) < 4.78 is 15.0. The van der Waals surface area contributed by atoms with E-state index >= 15 is 0 Å². The van der Waals surface area contributed by atoms with Crippen LogP contribution in [0, 0.1) is 0 Å². The van der Waals surface area contributed by atoms with Crippen LogP contribution in [0.4, 0.5) is 0 Å². The Balaban J connectivity index is 2.24. The summed E-state index contributed by atoms with van der Waals surface area (Å²) in [6, 6.07) is 6.31. The van der Waals surface area contributed by atoms with Gasteiger partial charge in [-0.1, -0.05) is 6.42 Å². The van der Waals surface area contributed by atoms with Crippen LogP contribution in [-0.4, -0.2) is 32.3 Å². The number of hydrogen-bond acceptors (Lipinski definition) is 5. The van der Waals surface area contributed by atoms with Gasteiger partial charge in [-0.3, -0.25) is 4.79 Å². The first-order valence-electron chi connectivity index (χ1n) is 7.08. The van der Waals surface area contributed by atoms with E-state index in [9.17, 15) is 9.59 Å². The average molecular weight is 294 g/mol. The Morgan fingerprint density at radius 2 is 1.57 bits per heavy atom. The van der Waals surface area contributed by atoms with Crippen molar-refractivity contribution in [2.45, 2.75) is 32.6 Å². The normalized spacial score (nSPS) is 10.2. The van der Waals surface area contributed by atoms with Crippen molar-refractivity contribution < 1.29 is 23.8 Å². The van der Waals surface area contributed by atoms with Crippen LogP contribution in [-0.2, 0) is 14.3 Å². The Hall–Kier alpha value is -1.88. The van der Waals surface area contributed by atoms with Crippen LogP contribution in [0.25, 0.3) is 0 Å². The summed E-state index contributed by atoms with van der Waals surface area (Å²) in [6.45, 7) is 2.51. The maximum atomic E-state index is 11.8. The molecular formula is C16H22O5. The number of rotatable bonds is 9. The molecule has 0 aliphatic carbocycles. The third-order valence-electron chi connectivity index (χ3n) is 2.83. The van der Waals surface area contributed by atoms with Crippen LogP contribution in [0.3, 0.4) is 0 Å². The first-order valence-corrected chi connectivity index (χ1v) is 7.08. The minimum Gasteiger partial charge on any atom is -0.462 e. The van der Waals surface area contributed by atoms with Crippen molar-refractivity contribution >= 4 is 11.9 Å². The van der Waals surface area contributed by atoms with Gasteiger partial charge in [-0.15, -0.1) is 0 Å². The molecule has 0 unspecified atom stereocenters. The van der Waals surface area contributed by atoms with E-state index in [-0.39, 0.29) is 5.97 Å². The molecule has 0 aliphatic heterocycles. The summed E-state index contributed by atoms with van der Waals surface area (Å²) in [4.78, 5) is 22.5. The van der Waals surface area contributed by atoms with Gasteiger partial charge in [0, 0.05) is 20.6 Å². The van der Waals surface area contributed by atoms with E-state index in [0.29, 0.717) is 17.9 Å². The van der Waals surface area contributed by atoms with Crippen LogP contribution in [0.15, 0.2) is 24.3 Å². The van der Waals surface area contributed by atoms with Gasteiger partial charge in [-0.25, -0.2) is 4.79 Å². The predicted molar refractivity (Wildman–Crippen MR) is 78.4 cm³/mol. The lowest BCUT2D eigenvalue weighted by molar-refractivity contribution is -0.131. The molecule has 0 aliphatic rings. The highest BCUT2D eigenvalue weighted by Crippen LogP contribution is 2.13. The fraction of sp³-hybridized carbons (Fsp3) is 0.500. The molecular weight excluding hydrogens is 272 g/mol. The number of benzene rings is 1. The maximum absolute atomic E-state index is 11.8. The zero-order valence-corrected chi connectivity index (χ0v) is 12.6. The van der Waals surface area contributed by atoms with Gasteiger partial charge in [0.05, 0.1) is 12.2 Å². The molecule has 1 rings (SSSR count). The highest BCUT2D eigenvalue weighted by molar-refractivity contribution is 5.89. The zero-order chi connectivity index (χ0) is 15.5. The number of carbonyl (C=O) groups is 2. The SMILES string of the molecule is COCCCCCCOC(=O)c1ccc(OC(C)=O)cc1. The van der Waals surface area contributed by atoms with E-state index in [4.69, 9.17) is 14.2 Å². The molecule has 0 bridgehead atoms. The molecule has 21 heavy (non-hydrogen) atoms. The lowest BCUT2D eigenvalue weighted by Gasteiger charge is -2.06. The number of unbranched alkanes of at least 4 members (excludes halogenated alkanes) is 3. The molecule has 5 nitrogen and oxygen atoms in total. The fourth-order valence-electron chi connectivity index (χ4n) is 1.78. The van der Waals surface area contributed by atoms with Gasteiger partial charge in [0.25, 0.3) is 0 Å². The molecule has 0 atom stereocenters. The second kappa shape index (κ2) is 9.94. The molecule has 116 valence electrons. The standard InChI is InChI=1S/C16H22O5/c1-13(17)21-15-9-7-14(8-10-15)16(18)20-12-6-4-3-5-11-19-2/h7-10H,3-6,11-12H2,1-2H3. The maximum Gasteiger partial charge on any atom is 0.338 e. The largest absolute Gasteiger partial charge is 0.462 e. The summed E-state index contributed by atoms with van der Waals surface area (Å²) in [5, 5.41) is 0. The van der Waals surface area contributed by atoms with Crippen LogP contribution < -0.4 is 4.74 Å². The highest BCUT2D eigenvalue weighted by Gasteiger charge is 2.07. The number of carbonyl (C=O) groups excluding carboxylic acids is 2. The molecule has 0 saturated carbocycles. The summed E-state index contributed by atoms with van der Waals surface area (Å²) >= 11 is 0. The smallest absolute Gasteiger partial charge is 0.338 e. The third-order valence-corrected chi connectivity index (χ3v) is 2.83. The number of hydrogen-bond donors (Lipinski definition) is 0. The lowest BCUT2D eigenvalue weighted by Crippen LogP contribution is -2.07. The molecule has 1 aromatic carbocycles. The van der Waals surface area contributed by atoms with E-state index in [1.165, 1.54) is 6.92 Å². The van der Waals surface area contributed by atoms with E-state index in [0.717, 1.165) is 32.3 Å². The van der Waals surface area contributed by atoms with E-state index in [1.54, 1.807) is 31.4 Å². The van der Waals surface area contributed by atoms with Gasteiger partial charge in [0.15, 0.2) is 0 Å². The molecule has 0 amide bonds. The molecule has 0 spiro atoms. The third kappa shape index (κ3) is 7.46. The Kier molecular flexibility index (Phi) is 8.12. The second-order valence-electron chi connectivity index (χ2n) is 4.66. The quantitative estimate of drug-likeness (QED) is 0.398. The summed E-state index contributed by atoms with van der Waals surface area (Å²) in [5.74, 6) is -0.336. The highest BCUT2D eigenvalue weighted by atomic mass is 16.5. The van der Waals surface area contributed by atoms with Crippen molar-refractivity contribution in [3.63, 3.8) is 0 Å². The summed E-state index contributed by atoms with van der Waals surface area (Å²) in [7, 11) is 1.69. The number of esters is 2. The van der Waals surface area contributed by atoms with Gasteiger partial charge in [0.1, 0.15) is 5.75 Å². The molecule has 0 radical (unpaired) electrons. The molecule has 0 aromatic heterocycles. The predicted octanol–water partition coefficient (Wildman–Crippen LogP) is 2.98. The molecule has 0 N–H and O–H groups in total. The summed E-state index contributed by atoms with van der Waals surface area (Å²) in [5.41, 5.74) is 0.449. The summed E-state index contributed by atoms with van der Waals surface area (Å²) in [6.07, 6.45) is 3.97. The van der Waals surface area contributed by atoms with E-state index in [2.05, 4.69) is 0 Å². The first-order chi connectivity index (χ1) is 10.1. The zero-order valence-electron chi connectivity index (χ0n) is 12.6. The van der Waals surface area contributed by atoms with E-state index < -0.39 is 5.97 Å². The molecule has 0 fully saturated rings. The topological polar surface area (TPSA) is 61.8 Å². The van der Waals surface area contributed by atoms with Gasteiger partial charge >= 0.3 is 11.9 Å². The Morgan fingerprint density at radius 3 is 2.14 bits per heavy atom. The van der Waals surface area contributed by atoms with Crippen LogP contribution in [0.5, 0.6) is 5.75 Å². The number of ether oxygens (including phenoxy) is 3. The van der Waals surface area contributed by atoms with E-state index in [1.807, 2.05) is 0 Å². The molecule has 0 heterocycles. The Morgan fingerprint density at radius 1 is 0.952 bits per heavy atom. The lowest BCUT2D eigenvalue weighted by atomic mass is 10.2. The first kappa shape index (κ1) is 17.2. The minimum absolute atomic E-state index is 0.360. The van der Waals surface area contributed by atoms with Crippen molar-refractivity contribution in [3.8, 4) is 5.75 Å². The van der Waals surface area contributed by atoms with Gasteiger partial charge < -0.3 is 14.2 Å². The van der Waals surface area contributed by atoms with Gasteiger partial charge in [-0.2, -0.15) is 0 Å². The fourth-order valence-corrected chi connectivity index (χ4v) is 1.78. The van der Waals surface area contributed by atoms with Crippen molar-refractivity contribution in [3.05, 3.63) is 29.8 Å². The van der Waals surface area contributed by atoms with Gasteiger partial charge in [0.2, 0.25) is 0 Å². The number of methoxy groups -OCH3 is 1. The van der Waals surface area contributed by atoms with Crippen LogP contribution in [0.2, 0.25) is 0 Å². The van der Waals surface area contributed by atoms with Crippen LogP contribution in [0.1, 0.15) is 43.0 Å². The van der Waals surface area contributed by atoms with Crippen LogP contribution >= 0.6 is 0 Å². The average Bonchev–Trinajstić information content (AvgIpc) is 2.46.